The molecule has 0 bridgehead atoms. The molecule has 0 radical (unpaired) electrons. The van der Waals surface area contributed by atoms with Crippen LogP contribution in [0.25, 0.3) is 0 Å². The van der Waals surface area contributed by atoms with Crippen LogP contribution in [0.15, 0.2) is 12.7 Å². The molecule has 2 rings (SSSR count). The summed E-state index contributed by atoms with van der Waals surface area (Å²) in [5, 5.41) is 7.13. The van der Waals surface area contributed by atoms with Gasteiger partial charge in [-0.1, -0.05) is 6.08 Å². The molecule has 0 amide bonds. The van der Waals surface area contributed by atoms with Crippen molar-refractivity contribution in [3.05, 3.63) is 12.7 Å². The molecule has 4 unspecified atom stereocenters. The monoisotopic (exact) mass is 209 g/mol. The van der Waals surface area contributed by atoms with Crippen LogP contribution in [0.4, 0.5) is 0 Å². The maximum absolute atomic E-state index is 5.72. The van der Waals surface area contributed by atoms with E-state index in [9.17, 15) is 0 Å². The molecule has 4 N–H and O–H groups in total. The molecule has 2 fully saturated rings. The molecular weight excluding hydrogens is 186 g/mol. The van der Waals surface area contributed by atoms with Gasteiger partial charge < -0.3 is 16.4 Å². The van der Waals surface area contributed by atoms with Crippen LogP contribution in [-0.4, -0.2) is 25.8 Å². The zero-order chi connectivity index (χ0) is 10.7. The molecule has 3 heteroatoms. The molecule has 0 aromatic carbocycles. The van der Waals surface area contributed by atoms with Gasteiger partial charge in [0.25, 0.3) is 0 Å². The van der Waals surface area contributed by atoms with Gasteiger partial charge in [-0.3, -0.25) is 0 Å². The van der Waals surface area contributed by atoms with E-state index in [2.05, 4.69) is 17.2 Å². The Bertz CT molecular complexity index is 217. The Morgan fingerprint density at radius 2 is 2.33 bits per heavy atom. The molecular formula is C12H23N3. The lowest BCUT2D eigenvalue weighted by molar-refractivity contribution is 0.238. The van der Waals surface area contributed by atoms with Gasteiger partial charge in [0.1, 0.15) is 0 Å². The third-order valence-electron chi connectivity index (χ3n) is 3.95. The molecule has 0 aromatic heterocycles. The number of fused-ring (bicyclic) bond motifs is 1. The Morgan fingerprint density at radius 3 is 3.07 bits per heavy atom. The lowest BCUT2D eigenvalue weighted by Crippen LogP contribution is -2.45. The third kappa shape index (κ3) is 2.41. The van der Waals surface area contributed by atoms with Gasteiger partial charge in [0.15, 0.2) is 0 Å². The topological polar surface area (TPSA) is 50.1 Å². The van der Waals surface area contributed by atoms with E-state index in [1.807, 2.05) is 6.08 Å². The summed E-state index contributed by atoms with van der Waals surface area (Å²) in [6, 6.07) is 0. The quantitative estimate of drug-likeness (QED) is 0.597. The first-order valence-electron chi connectivity index (χ1n) is 6.14. The average molecular weight is 209 g/mol. The number of hydrogen-bond acceptors (Lipinski definition) is 3. The van der Waals surface area contributed by atoms with Gasteiger partial charge in [0.05, 0.1) is 6.17 Å². The van der Waals surface area contributed by atoms with Gasteiger partial charge >= 0.3 is 0 Å². The minimum atomic E-state index is 0.498. The lowest BCUT2D eigenvalue weighted by atomic mass is 9.82. The highest BCUT2D eigenvalue weighted by atomic mass is 15.2. The van der Waals surface area contributed by atoms with E-state index in [4.69, 9.17) is 5.73 Å². The Labute approximate surface area is 92.5 Å². The zero-order valence-corrected chi connectivity index (χ0v) is 9.41. The summed E-state index contributed by atoms with van der Waals surface area (Å²) in [6.07, 6.45) is 6.47. The van der Waals surface area contributed by atoms with Crippen molar-refractivity contribution >= 4 is 0 Å². The van der Waals surface area contributed by atoms with Crippen molar-refractivity contribution in [2.45, 2.75) is 25.4 Å². The van der Waals surface area contributed by atoms with E-state index in [1.165, 1.54) is 25.8 Å². The highest BCUT2D eigenvalue weighted by Crippen LogP contribution is 2.32. The van der Waals surface area contributed by atoms with Gasteiger partial charge in [0, 0.05) is 0 Å². The van der Waals surface area contributed by atoms with Crippen molar-refractivity contribution in [1.29, 1.82) is 0 Å². The summed E-state index contributed by atoms with van der Waals surface area (Å²) in [6.45, 7) is 6.92. The predicted octanol–water partition coefficient (Wildman–Crippen LogP) is 0.683. The summed E-state index contributed by atoms with van der Waals surface area (Å²) in [7, 11) is 0. The molecule has 2 saturated heterocycles. The lowest BCUT2D eigenvalue weighted by Gasteiger charge is -2.30. The summed E-state index contributed by atoms with van der Waals surface area (Å²) in [4.78, 5) is 0. The van der Waals surface area contributed by atoms with Crippen LogP contribution in [0.2, 0.25) is 0 Å². The van der Waals surface area contributed by atoms with E-state index in [-0.39, 0.29) is 0 Å². The molecule has 0 spiro atoms. The average Bonchev–Trinajstić information content (AvgIpc) is 2.69. The van der Waals surface area contributed by atoms with Crippen molar-refractivity contribution in [3.8, 4) is 0 Å². The molecule has 15 heavy (non-hydrogen) atoms. The molecule has 2 aliphatic heterocycles. The van der Waals surface area contributed by atoms with Crippen LogP contribution in [-0.2, 0) is 0 Å². The van der Waals surface area contributed by atoms with E-state index < -0.39 is 0 Å². The van der Waals surface area contributed by atoms with Crippen LogP contribution < -0.4 is 16.4 Å². The fraction of sp³-hybridized carbons (Fsp3) is 0.833. The minimum absolute atomic E-state index is 0.498. The summed E-state index contributed by atoms with van der Waals surface area (Å²) >= 11 is 0. The Morgan fingerprint density at radius 1 is 1.47 bits per heavy atom. The molecule has 0 saturated carbocycles. The number of hydrogen-bond donors (Lipinski definition) is 3. The Balaban J connectivity index is 1.89. The largest absolute Gasteiger partial charge is 0.330 e. The molecule has 0 aliphatic carbocycles. The normalized spacial score (nSPS) is 37.3. The summed E-state index contributed by atoms with van der Waals surface area (Å²) in [5.41, 5.74) is 5.72. The minimum Gasteiger partial charge on any atom is -0.330 e. The number of piperidine rings is 1. The Kier molecular flexibility index (Phi) is 3.78. The van der Waals surface area contributed by atoms with Crippen LogP contribution in [0.5, 0.6) is 0 Å². The fourth-order valence-electron chi connectivity index (χ4n) is 3.01. The zero-order valence-electron chi connectivity index (χ0n) is 9.41. The molecule has 86 valence electrons. The van der Waals surface area contributed by atoms with Crippen LogP contribution in [0, 0.1) is 17.8 Å². The van der Waals surface area contributed by atoms with E-state index >= 15 is 0 Å². The van der Waals surface area contributed by atoms with Crippen LogP contribution >= 0.6 is 0 Å². The maximum Gasteiger partial charge on any atom is 0.0604 e. The van der Waals surface area contributed by atoms with Gasteiger partial charge in [-0.2, -0.15) is 0 Å². The van der Waals surface area contributed by atoms with Crippen LogP contribution in [0.3, 0.4) is 0 Å². The number of nitrogens with two attached hydrogens (primary N) is 1. The Hall–Kier alpha value is -0.380. The first kappa shape index (κ1) is 11.1. The van der Waals surface area contributed by atoms with Gasteiger partial charge in [-0.25, -0.2) is 0 Å². The second-order valence-electron chi connectivity index (χ2n) is 4.87. The first-order chi connectivity index (χ1) is 7.35. The van der Waals surface area contributed by atoms with Crippen molar-refractivity contribution < 1.29 is 0 Å². The second kappa shape index (κ2) is 5.10. The first-order valence-corrected chi connectivity index (χ1v) is 6.14. The molecule has 3 nitrogen and oxygen atoms in total. The number of nitrogens with one attached hydrogen (secondary N) is 2. The fourth-order valence-corrected chi connectivity index (χ4v) is 3.01. The standard InChI is InChI=1S/C12H23N3/c1-2-9(7-13)6-10-8-15-12-11(10)4-3-5-14-12/h2,9-12,14-15H,1,3-8,13H2. The van der Waals surface area contributed by atoms with Gasteiger partial charge in [-0.05, 0) is 56.7 Å². The van der Waals surface area contributed by atoms with Crippen molar-refractivity contribution in [2.24, 2.45) is 23.5 Å². The van der Waals surface area contributed by atoms with E-state index in [0.29, 0.717) is 12.1 Å². The van der Waals surface area contributed by atoms with Crippen molar-refractivity contribution in [3.63, 3.8) is 0 Å². The summed E-state index contributed by atoms with van der Waals surface area (Å²) in [5.74, 6) is 2.10. The van der Waals surface area contributed by atoms with Gasteiger partial charge in [-0.15, -0.1) is 6.58 Å². The maximum atomic E-state index is 5.72. The van der Waals surface area contributed by atoms with E-state index in [1.54, 1.807) is 0 Å². The molecule has 2 heterocycles. The highest BCUT2D eigenvalue weighted by molar-refractivity contribution is 4.94. The van der Waals surface area contributed by atoms with E-state index in [0.717, 1.165) is 24.9 Å². The smallest absolute Gasteiger partial charge is 0.0604 e. The SMILES string of the molecule is C=CC(CN)CC1CNC2NCCCC12. The molecule has 4 atom stereocenters. The third-order valence-corrected chi connectivity index (χ3v) is 3.95. The predicted molar refractivity (Wildman–Crippen MR) is 63.4 cm³/mol. The number of rotatable bonds is 4. The van der Waals surface area contributed by atoms with Crippen LogP contribution in [0.1, 0.15) is 19.3 Å². The van der Waals surface area contributed by atoms with Gasteiger partial charge in [0.2, 0.25) is 0 Å². The highest BCUT2D eigenvalue weighted by Gasteiger charge is 2.37. The van der Waals surface area contributed by atoms with Crippen molar-refractivity contribution in [1.82, 2.24) is 10.6 Å². The molecule has 2 aliphatic rings. The molecule has 0 aromatic rings. The van der Waals surface area contributed by atoms with Crippen molar-refractivity contribution in [2.75, 3.05) is 19.6 Å². The summed E-state index contributed by atoms with van der Waals surface area (Å²) < 4.78 is 0. The second-order valence-corrected chi connectivity index (χ2v) is 4.87.